The average Bonchev–Trinajstić information content (AvgIpc) is 1.35. The predicted octanol–water partition coefficient (Wildman–Crippen LogP) is 1.10. The van der Waals surface area contributed by atoms with Gasteiger partial charge in [-0.3, -0.25) is 0 Å². The van der Waals surface area contributed by atoms with Crippen molar-refractivity contribution < 1.29 is 0 Å². The van der Waals surface area contributed by atoms with E-state index in [1.165, 1.54) is 0 Å². The van der Waals surface area contributed by atoms with E-state index in [4.69, 9.17) is 5.73 Å². The Balaban J connectivity index is 3.20. The standard InChI is InChI=1S/C3H3I2N/c4-2-1-3(5)6/h3H,6H2. The Morgan fingerprint density at radius 1 is 1.67 bits per heavy atom. The van der Waals surface area contributed by atoms with E-state index in [0.717, 1.165) is 0 Å². The molecule has 0 aromatic carbocycles. The van der Waals surface area contributed by atoms with Gasteiger partial charge in [0, 0.05) is 22.6 Å². The zero-order chi connectivity index (χ0) is 4.99. The molecule has 2 N–H and O–H groups in total. The third kappa shape index (κ3) is 4.98. The fourth-order valence-electron chi connectivity index (χ4n) is 0.0521. The fourth-order valence-corrected chi connectivity index (χ4v) is 1.14. The van der Waals surface area contributed by atoms with E-state index in [-0.39, 0.29) is 4.05 Å². The molecule has 0 aromatic rings. The van der Waals surface area contributed by atoms with Gasteiger partial charge in [0.25, 0.3) is 0 Å². The minimum atomic E-state index is -0.000463. The van der Waals surface area contributed by atoms with Gasteiger partial charge in [-0.15, -0.1) is 0 Å². The van der Waals surface area contributed by atoms with Crippen LogP contribution in [0.25, 0.3) is 0 Å². The second-order valence-electron chi connectivity index (χ2n) is 0.641. The molecular weight excluding hydrogens is 304 g/mol. The second kappa shape index (κ2) is 4.15. The van der Waals surface area contributed by atoms with Crippen LogP contribution in [0.1, 0.15) is 0 Å². The molecule has 0 amide bonds. The maximum atomic E-state index is 5.21. The third-order valence-corrected chi connectivity index (χ3v) is 0.815. The van der Waals surface area contributed by atoms with Gasteiger partial charge in [-0.05, 0) is 3.93 Å². The lowest BCUT2D eigenvalue weighted by atomic mass is 10.7. The average molecular weight is 307 g/mol. The Morgan fingerprint density at radius 2 is 2.17 bits per heavy atom. The Hall–Kier alpha value is 0.980. The van der Waals surface area contributed by atoms with Crippen LogP contribution in [0.15, 0.2) is 0 Å². The van der Waals surface area contributed by atoms with E-state index in [1.54, 1.807) is 0 Å². The first-order valence-electron chi connectivity index (χ1n) is 1.28. The summed E-state index contributed by atoms with van der Waals surface area (Å²) in [6.07, 6.45) is 0. The van der Waals surface area contributed by atoms with E-state index in [2.05, 4.69) is 9.85 Å². The number of rotatable bonds is 0. The number of halogens is 2. The van der Waals surface area contributed by atoms with Crippen molar-refractivity contribution in [3.05, 3.63) is 0 Å². The van der Waals surface area contributed by atoms with Gasteiger partial charge in [0.05, 0.1) is 0 Å². The van der Waals surface area contributed by atoms with Crippen molar-refractivity contribution >= 4 is 45.2 Å². The number of alkyl halides is 1. The summed E-state index contributed by atoms with van der Waals surface area (Å²) in [6.45, 7) is 0. The van der Waals surface area contributed by atoms with Crippen molar-refractivity contribution in [3.8, 4) is 9.85 Å². The normalized spacial score (nSPS) is 11.8. The summed E-state index contributed by atoms with van der Waals surface area (Å²) >= 11 is 4.00. The molecule has 6 heavy (non-hydrogen) atoms. The first-order chi connectivity index (χ1) is 2.77. The molecule has 1 unspecified atom stereocenters. The lowest BCUT2D eigenvalue weighted by Gasteiger charge is -1.80. The van der Waals surface area contributed by atoms with Gasteiger partial charge in [0.15, 0.2) is 0 Å². The van der Waals surface area contributed by atoms with E-state index in [9.17, 15) is 0 Å². The predicted molar refractivity (Wildman–Crippen MR) is 43.8 cm³/mol. The van der Waals surface area contributed by atoms with Gasteiger partial charge >= 0.3 is 0 Å². The second-order valence-corrected chi connectivity index (χ2v) is 2.52. The smallest absolute Gasteiger partial charge is 0.120 e. The van der Waals surface area contributed by atoms with Crippen LogP contribution < -0.4 is 5.73 Å². The first kappa shape index (κ1) is 6.98. The van der Waals surface area contributed by atoms with Crippen LogP contribution in [-0.2, 0) is 0 Å². The Labute approximate surface area is 64.3 Å². The zero-order valence-corrected chi connectivity index (χ0v) is 7.23. The number of nitrogens with two attached hydrogens (primary N) is 1. The summed E-state index contributed by atoms with van der Waals surface area (Å²) in [6, 6.07) is 0. The van der Waals surface area contributed by atoms with Gasteiger partial charge in [0.2, 0.25) is 0 Å². The van der Waals surface area contributed by atoms with Gasteiger partial charge in [-0.1, -0.05) is 28.5 Å². The molecule has 0 heterocycles. The Morgan fingerprint density at radius 3 is 2.17 bits per heavy atom. The van der Waals surface area contributed by atoms with Crippen LogP contribution in [0.3, 0.4) is 0 Å². The summed E-state index contributed by atoms with van der Waals surface area (Å²) in [4.78, 5) is 0. The SMILES string of the molecule is NC(I)C#CI. The summed E-state index contributed by atoms with van der Waals surface area (Å²) in [5.74, 6) is 2.71. The quantitative estimate of drug-likeness (QED) is 0.308. The Bertz CT molecular complexity index is 78.5. The van der Waals surface area contributed by atoms with Gasteiger partial charge in [-0.25, -0.2) is 0 Å². The highest BCUT2D eigenvalue weighted by Gasteiger charge is 1.78. The highest BCUT2D eigenvalue weighted by Crippen LogP contribution is 1.86. The van der Waals surface area contributed by atoms with E-state index in [0.29, 0.717) is 0 Å². The molecule has 34 valence electrons. The summed E-state index contributed by atoms with van der Waals surface area (Å²) in [5.41, 5.74) is 5.21. The third-order valence-electron chi connectivity index (χ3n) is 0.192. The van der Waals surface area contributed by atoms with Crippen molar-refractivity contribution in [2.24, 2.45) is 5.73 Å². The van der Waals surface area contributed by atoms with Crippen LogP contribution >= 0.6 is 45.2 Å². The van der Waals surface area contributed by atoms with Crippen molar-refractivity contribution in [1.29, 1.82) is 0 Å². The summed E-state index contributed by atoms with van der Waals surface area (Å²) < 4.78 is 2.65. The van der Waals surface area contributed by atoms with Crippen molar-refractivity contribution in [2.75, 3.05) is 0 Å². The number of hydrogen-bond acceptors (Lipinski definition) is 1. The zero-order valence-electron chi connectivity index (χ0n) is 2.91. The molecular formula is C3H3I2N. The molecule has 0 aromatic heterocycles. The molecule has 0 radical (unpaired) electrons. The Kier molecular flexibility index (Phi) is 4.82. The molecule has 0 saturated heterocycles. The fraction of sp³-hybridized carbons (Fsp3) is 0.333. The maximum Gasteiger partial charge on any atom is 0.120 e. The summed E-state index contributed by atoms with van der Waals surface area (Å²) in [7, 11) is 0. The number of hydrogen-bond donors (Lipinski definition) is 1. The molecule has 0 aliphatic heterocycles. The lowest BCUT2D eigenvalue weighted by molar-refractivity contribution is 1.26. The summed E-state index contributed by atoms with van der Waals surface area (Å²) in [5, 5.41) is 0. The topological polar surface area (TPSA) is 26.0 Å². The van der Waals surface area contributed by atoms with E-state index in [1.807, 2.05) is 45.2 Å². The molecule has 0 aliphatic rings. The minimum Gasteiger partial charge on any atom is -0.309 e. The molecule has 0 rings (SSSR count). The highest BCUT2D eigenvalue weighted by atomic mass is 127. The first-order valence-corrected chi connectivity index (χ1v) is 3.60. The molecule has 0 spiro atoms. The van der Waals surface area contributed by atoms with Gasteiger partial charge in [0.1, 0.15) is 4.05 Å². The molecule has 0 fully saturated rings. The van der Waals surface area contributed by atoms with Crippen LogP contribution in [-0.4, -0.2) is 4.05 Å². The van der Waals surface area contributed by atoms with Gasteiger partial charge < -0.3 is 5.73 Å². The molecule has 0 aliphatic carbocycles. The largest absolute Gasteiger partial charge is 0.309 e. The van der Waals surface area contributed by atoms with Crippen LogP contribution in [0, 0.1) is 9.85 Å². The van der Waals surface area contributed by atoms with E-state index < -0.39 is 0 Å². The molecule has 1 nitrogen and oxygen atoms in total. The highest BCUT2D eigenvalue weighted by molar-refractivity contribution is 14.1. The van der Waals surface area contributed by atoms with E-state index >= 15 is 0 Å². The van der Waals surface area contributed by atoms with Crippen molar-refractivity contribution in [1.82, 2.24) is 0 Å². The molecule has 3 heteroatoms. The monoisotopic (exact) mass is 307 g/mol. The molecule has 0 bridgehead atoms. The molecule has 0 saturated carbocycles. The van der Waals surface area contributed by atoms with Crippen molar-refractivity contribution in [3.63, 3.8) is 0 Å². The maximum absolute atomic E-state index is 5.21. The van der Waals surface area contributed by atoms with Crippen molar-refractivity contribution in [2.45, 2.75) is 4.05 Å². The van der Waals surface area contributed by atoms with Crippen LogP contribution in [0.4, 0.5) is 0 Å². The van der Waals surface area contributed by atoms with Crippen LogP contribution in [0.5, 0.6) is 0 Å². The molecule has 1 atom stereocenters. The minimum absolute atomic E-state index is 0.000463. The van der Waals surface area contributed by atoms with Crippen LogP contribution in [0.2, 0.25) is 0 Å². The van der Waals surface area contributed by atoms with Gasteiger partial charge in [-0.2, -0.15) is 0 Å². The lowest BCUT2D eigenvalue weighted by Crippen LogP contribution is -2.05.